The summed E-state index contributed by atoms with van der Waals surface area (Å²) in [5.74, 6) is 1.69. The number of hydrogen-bond acceptors (Lipinski definition) is 5. The van der Waals surface area contributed by atoms with Crippen LogP contribution in [-0.2, 0) is 0 Å². The Kier molecular flexibility index (Phi) is 6.18. The van der Waals surface area contributed by atoms with Gasteiger partial charge in [-0.25, -0.2) is 15.0 Å². The van der Waals surface area contributed by atoms with E-state index >= 15 is 0 Å². The zero-order valence-corrected chi connectivity index (χ0v) is 27.7. The number of aromatic nitrogens is 3. The van der Waals surface area contributed by atoms with E-state index in [0.717, 1.165) is 71.7 Å². The first-order chi connectivity index (χ1) is 25.7. The molecule has 0 fully saturated rings. The van der Waals surface area contributed by atoms with Crippen molar-refractivity contribution in [1.29, 1.82) is 0 Å². The van der Waals surface area contributed by atoms with Gasteiger partial charge in [-0.15, -0.1) is 0 Å². The molecule has 0 amide bonds. The molecule has 5 nitrogen and oxygen atoms in total. The topological polar surface area (TPSA) is 65.0 Å². The summed E-state index contributed by atoms with van der Waals surface area (Å²) >= 11 is 0. The molecular formula is C47H27N3O2. The Labute approximate surface area is 297 Å². The van der Waals surface area contributed by atoms with Gasteiger partial charge < -0.3 is 8.83 Å². The molecule has 5 heteroatoms. The number of furan rings is 2. The number of nitrogens with zero attached hydrogens (tertiary/aromatic N) is 3. The Hall–Kier alpha value is -7.11. The molecule has 0 aliphatic carbocycles. The Balaban J connectivity index is 1.12. The normalized spacial score (nSPS) is 11.8. The van der Waals surface area contributed by atoms with Crippen LogP contribution in [0.2, 0.25) is 0 Å². The van der Waals surface area contributed by atoms with Crippen molar-refractivity contribution in [1.82, 2.24) is 15.0 Å². The van der Waals surface area contributed by atoms with Crippen LogP contribution in [0.25, 0.3) is 111 Å². The fourth-order valence-electron chi connectivity index (χ4n) is 7.64. The van der Waals surface area contributed by atoms with Crippen LogP contribution in [0.15, 0.2) is 173 Å². The summed E-state index contributed by atoms with van der Waals surface area (Å²) in [6, 6.07) is 56.4. The molecule has 11 aromatic rings. The van der Waals surface area contributed by atoms with Crippen LogP contribution in [0.1, 0.15) is 0 Å². The van der Waals surface area contributed by atoms with E-state index in [0.29, 0.717) is 17.5 Å². The number of hydrogen-bond donors (Lipinski definition) is 0. The van der Waals surface area contributed by atoms with Gasteiger partial charge in [0.15, 0.2) is 17.5 Å². The van der Waals surface area contributed by atoms with E-state index in [2.05, 4.69) is 91.0 Å². The van der Waals surface area contributed by atoms with Crippen molar-refractivity contribution in [3.63, 3.8) is 0 Å². The molecule has 11 rings (SSSR count). The van der Waals surface area contributed by atoms with Gasteiger partial charge in [0.1, 0.15) is 22.3 Å². The lowest BCUT2D eigenvalue weighted by molar-refractivity contribution is 0.668. The smallest absolute Gasteiger partial charge is 0.167 e. The van der Waals surface area contributed by atoms with E-state index in [-0.39, 0.29) is 0 Å². The molecule has 0 saturated carbocycles. The van der Waals surface area contributed by atoms with Gasteiger partial charge in [0.2, 0.25) is 0 Å². The molecule has 242 valence electrons. The molecule has 3 heterocycles. The summed E-state index contributed by atoms with van der Waals surface area (Å²) in [4.78, 5) is 15.3. The summed E-state index contributed by atoms with van der Waals surface area (Å²) < 4.78 is 12.9. The van der Waals surface area contributed by atoms with Crippen molar-refractivity contribution in [2.45, 2.75) is 0 Å². The van der Waals surface area contributed by atoms with Crippen molar-refractivity contribution in [2.24, 2.45) is 0 Å². The lowest BCUT2D eigenvalue weighted by atomic mass is 9.96. The Morgan fingerprint density at radius 3 is 1.88 bits per heavy atom. The van der Waals surface area contributed by atoms with Gasteiger partial charge in [0.25, 0.3) is 0 Å². The van der Waals surface area contributed by atoms with Gasteiger partial charge in [0, 0.05) is 32.7 Å². The van der Waals surface area contributed by atoms with Crippen molar-refractivity contribution in [3.8, 4) is 45.3 Å². The van der Waals surface area contributed by atoms with Gasteiger partial charge in [-0.1, -0.05) is 127 Å². The third kappa shape index (κ3) is 4.46. The van der Waals surface area contributed by atoms with Crippen molar-refractivity contribution >= 4 is 65.4 Å². The molecule has 0 radical (unpaired) electrons. The highest BCUT2D eigenvalue weighted by Crippen LogP contribution is 2.40. The van der Waals surface area contributed by atoms with Gasteiger partial charge in [-0.05, 0) is 69.1 Å². The number of para-hydroxylation sites is 2. The van der Waals surface area contributed by atoms with Gasteiger partial charge in [-0.3, -0.25) is 0 Å². The summed E-state index contributed by atoms with van der Waals surface area (Å²) in [6.45, 7) is 0. The molecule has 0 atom stereocenters. The maximum absolute atomic E-state index is 6.46. The van der Waals surface area contributed by atoms with E-state index in [1.807, 2.05) is 72.8 Å². The SMILES string of the molecule is c1ccc(-c2nc(-c3cccc4c3oc3ccccc34)nc(-c3cccc4oc5ccc(-c6ccc7c(ccc8ccccc87)c6)cc5c34)n2)cc1. The minimum Gasteiger partial charge on any atom is -0.456 e. The maximum atomic E-state index is 6.46. The van der Waals surface area contributed by atoms with Gasteiger partial charge in [0.05, 0.1) is 5.56 Å². The van der Waals surface area contributed by atoms with Crippen LogP contribution in [0.4, 0.5) is 0 Å². The van der Waals surface area contributed by atoms with Crippen LogP contribution in [0.3, 0.4) is 0 Å². The zero-order chi connectivity index (χ0) is 34.2. The molecule has 0 aliphatic heterocycles. The first-order valence-electron chi connectivity index (χ1n) is 17.3. The Bertz CT molecular complexity index is 3190. The summed E-state index contributed by atoms with van der Waals surface area (Å²) in [7, 11) is 0. The van der Waals surface area contributed by atoms with E-state index in [1.54, 1.807) is 0 Å². The molecule has 0 saturated heterocycles. The molecule has 0 bridgehead atoms. The second-order valence-electron chi connectivity index (χ2n) is 13.2. The molecule has 0 spiro atoms. The monoisotopic (exact) mass is 665 g/mol. The van der Waals surface area contributed by atoms with Crippen LogP contribution in [-0.4, -0.2) is 15.0 Å². The van der Waals surface area contributed by atoms with Crippen molar-refractivity contribution in [3.05, 3.63) is 164 Å². The van der Waals surface area contributed by atoms with E-state index in [1.165, 1.54) is 21.5 Å². The first kappa shape index (κ1) is 28.7. The van der Waals surface area contributed by atoms with E-state index < -0.39 is 0 Å². The Morgan fingerprint density at radius 1 is 0.327 bits per heavy atom. The third-order valence-corrected chi connectivity index (χ3v) is 10.1. The average molecular weight is 666 g/mol. The molecule has 3 aromatic heterocycles. The quantitative estimate of drug-likeness (QED) is 0.175. The summed E-state index contributed by atoms with van der Waals surface area (Å²) in [5.41, 5.74) is 8.00. The highest BCUT2D eigenvalue weighted by Gasteiger charge is 2.20. The average Bonchev–Trinajstić information content (AvgIpc) is 3.79. The van der Waals surface area contributed by atoms with Crippen molar-refractivity contribution in [2.75, 3.05) is 0 Å². The minimum absolute atomic E-state index is 0.544. The standard InChI is InChI=1S/C47H27N3O2/c1-2-11-29(12-3-1)45-48-46(50-47(49-45)38-17-8-15-36-35-14-6-7-18-40(35)52-44(36)38)37-16-9-19-42-43(37)39-27-31(23-25-41(39)51-42)30-22-24-34-32(26-30)21-20-28-10-4-5-13-33(28)34/h1-27H. The van der Waals surface area contributed by atoms with Crippen molar-refractivity contribution < 1.29 is 8.83 Å². The lowest BCUT2D eigenvalue weighted by Crippen LogP contribution is -2.00. The highest BCUT2D eigenvalue weighted by molar-refractivity contribution is 6.14. The fraction of sp³-hybridized carbons (Fsp3) is 0. The number of rotatable bonds is 4. The lowest BCUT2D eigenvalue weighted by Gasteiger charge is -2.10. The van der Waals surface area contributed by atoms with E-state index in [9.17, 15) is 0 Å². The fourth-order valence-corrected chi connectivity index (χ4v) is 7.64. The summed E-state index contributed by atoms with van der Waals surface area (Å²) in [6.07, 6.45) is 0. The Morgan fingerprint density at radius 2 is 0.962 bits per heavy atom. The van der Waals surface area contributed by atoms with Crippen LogP contribution >= 0.6 is 0 Å². The van der Waals surface area contributed by atoms with Crippen LogP contribution in [0.5, 0.6) is 0 Å². The molecule has 0 N–H and O–H groups in total. The number of benzene rings is 8. The zero-order valence-electron chi connectivity index (χ0n) is 27.7. The van der Waals surface area contributed by atoms with Crippen LogP contribution < -0.4 is 0 Å². The largest absolute Gasteiger partial charge is 0.456 e. The second-order valence-corrected chi connectivity index (χ2v) is 13.2. The second kappa shape index (κ2) is 11.2. The molecule has 8 aromatic carbocycles. The van der Waals surface area contributed by atoms with Gasteiger partial charge in [-0.2, -0.15) is 0 Å². The predicted molar refractivity (Wildman–Crippen MR) is 211 cm³/mol. The first-order valence-corrected chi connectivity index (χ1v) is 17.3. The molecular weight excluding hydrogens is 639 g/mol. The van der Waals surface area contributed by atoms with E-state index in [4.69, 9.17) is 23.8 Å². The highest BCUT2D eigenvalue weighted by atomic mass is 16.3. The molecule has 0 unspecified atom stereocenters. The third-order valence-electron chi connectivity index (χ3n) is 10.1. The maximum Gasteiger partial charge on any atom is 0.167 e. The molecule has 52 heavy (non-hydrogen) atoms. The van der Waals surface area contributed by atoms with Gasteiger partial charge >= 0.3 is 0 Å². The minimum atomic E-state index is 0.544. The predicted octanol–water partition coefficient (Wildman–Crippen LogP) is 12.6. The van der Waals surface area contributed by atoms with Crippen LogP contribution in [0, 0.1) is 0 Å². The molecule has 0 aliphatic rings. The summed E-state index contributed by atoms with van der Waals surface area (Å²) in [5, 5.41) is 9.00. The number of fused-ring (bicyclic) bond motifs is 9.